The highest BCUT2D eigenvalue weighted by Gasteiger charge is 2.15. The summed E-state index contributed by atoms with van der Waals surface area (Å²) in [5, 5.41) is 0.520. The Morgan fingerprint density at radius 2 is 1.19 bits per heavy atom. The van der Waals surface area contributed by atoms with Gasteiger partial charge < -0.3 is 0 Å². The molecule has 0 aliphatic rings. The van der Waals surface area contributed by atoms with E-state index in [4.69, 9.17) is 18.0 Å². The van der Waals surface area contributed by atoms with E-state index in [0.29, 0.717) is 28.9 Å². The molecule has 6 heterocycles. The lowest BCUT2D eigenvalue weighted by molar-refractivity contribution is 0.803. The summed E-state index contributed by atoms with van der Waals surface area (Å²) in [6.45, 7) is 12.3. The molecule has 0 saturated heterocycles. The third kappa shape index (κ3) is 9.40. The summed E-state index contributed by atoms with van der Waals surface area (Å²) in [4.78, 5) is 33.8. The lowest BCUT2D eigenvalue weighted by Gasteiger charge is -2.13. The number of aromatic nitrogens is 10. The van der Waals surface area contributed by atoms with Gasteiger partial charge in [-0.3, -0.25) is 19.1 Å². The number of nitrogens with zero attached hydrogens (tertiary/aromatic N) is 10. The fraction of sp³-hybridized carbons (Fsp3) is 0.222. The Balaban J connectivity index is 0.000000180. The van der Waals surface area contributed by atoms with Crippen molar-refractivity contribution in [3.8, 4) is 36.1 Å². The molecule has 0 fully saturated rings. The SMILES string of the molecule is C#Cc1cccnc1.Cc1nc(-n2ccnc2)nc(C#Cc2cccnc2)c1C(C)C.Cc1nc(-n2ccnc2)nc(Cl)c1C(C)C. The molecule has 0 unspecified atom stereocenters. The van der Waals surface area contributed by atoms with Crippen LogP contribution in [0.5, 0.6) is 0 Å². The van der Waals surface area contributed by atoms with E-state index < -0.39 is 0 Å². The molecule has 0 spiro atoms. The summed E-state index contributed by atoms with van der Waals surface area (Å²) in [5.41, 5.74) is 6.37. The topological polar surface area (TPSA) is 113 Å². The Labute approximate surface area is 280 Å². The molecule has 47 heavy (non-hydrogen) atoms. The van der Waals surface area contributed by atoms with Gasteiger partial charge in [0.25, 0.3) is 0 Å². The first kappa shape index (κ1) is 34.2. The second kappa shape index (κ2) is 16.6. The van der Waals surface area contributed by atoms with E-state index in [1.807, 2.05) is 44.3 Å². The number of imidazole rings is 2. The molecule has 0 saturated carbocycles. The van der Waals surface area contributed by atoms with Gasteiger partial charge in [-0.15, -0.1) is 6.42 Å². The van der Waals surface area contributed by atoms with Crippen LogP contribution >= 0.6 is 11.6 Å². The number of rotatable bonds is 4. The van der Waals surface area contributed by atoms with Gasteiger partial charge >= 0.3 is 0 Å². The number of aryl methyl sites for hydroxylation is 2. The molecule has 11 heteroatoms. The van der Waals surface area contributed by atoms with E-state index in [1.165, 1.54) is 0 Å². The van der Waals surface area contributed by atoms with Crippen LogP contribution in [0.25, 0.3) is 11.9 Å². The molecule has 6 aromatic heterocycles. The standard InChI is InChI=1S/C18H17N5.C11H13ClN4.C7H5N/c1-13(2)17-14(3)21-18(23-10-9-20-12-23)22-16(17)7-6-15-5-4-8-19-11-15;1-7(2)9-8(3)14-11(15-10(9)12)16-5-4-13-6-16;1-2-7-4-3-5-8-6-7/h4-5,8-13H,1-3H3;4-7H,1-3H3;1,3-6H. The van der Waals surface area contributed by atoms with Crippen LogP contribution in [-0.4, -0.2) is 49.0 Å². The molecule has 0 bridgehead atoms. The van der Waals surface area contributed by atoms with Gasteiger partial charge in [-0.05, 0) is 55.9 Å². The van der Waals surface area contributed by atoms with Gasteiger partial charge in [-0.2, -0.15) is 0 Å². The Morgan fingerprint density at radius 3 is 1.62 bits per heavy atom. The lowest BCUT2D eigenvalue weighted by atomic mass is 9.99. The molecule has 6 rings (SSSR count). The quantitative estimate of drug-likeness (QED) is 0.154. The maximum Gasteiger partial charge on any atom is 0.236 e. The van der Waals surface area contributed by atoms with Crippen LogP contribution in [0.2, 0.25) is 5.15 Å². The first-order valence-corrected chi connectivity index (χ1v) is 15.2. The highest BCUT2D eigenvalue weighted by Crippen LogP contribution is 2.25. The van der Waals surface area contributed by atoms with Crippen molar-refractivity contribution in [1.82, 2.24) is 49.0 Å². The predicted molar refractivity (Wildman–Crippen MR) is 183 cm³/mol. The largest absolute Gasteiger partial charge is 0.274 e. The molecule has 0 amide bonds. The second-order valence-electron chi connectivity index (χ2n) is 10.8. The molecule has 0 N–H and O–H groups in total. The molecule has 10 nitrogen and oxygen atoms in total. The normalized spacial score (nSPS) is 10.2. The highest BCUT2D eigenvalue weighted by atomic mass is 35.5. The summed E-state index contributed by atoms with van der Waals surface area (Å²) in [6, 6.07) is 7.46. The van der Waals surface area contributed by atoms with E-state index in [9.17, 15) is 0 Å². The summed E-state index contributed by atoms with van der Waals surface area (Å²) in [7, 11) is 0. The maximum atomic E-state index is 6.16. The van der Waals surface area contributed by atoms with Gasteiger partial charge in [-0.25, -0.2) is 29.9 Å². The Morgan fingerprint density at radius 1 is 0.660 bits per heavy atom. The average Bonchev–Trinajstić information content (AvgIpc) is 3.80. The summed E-state index contributed by atoms with van der Waals surface area (Å²) < 4.78 is 3.52. The van der Waals surface area contributed by atoms with Crippen LogP contribution in [0.3, 0.4) is 0 Å². The van der Waals surface area contributed by atoms with Crippen molar-refractivity contribution < 1.29 is 0 Å². The molecular weight excluding hydrogens is 608 g/mol. The average molecular weight is 643 g/mol. The van der Waals surface area contributed by atoms with Crippen molar-refractivity contribution in [3.05, 3.63) is 131 Å². The second-order valence-corrected chi connectivity index (χ2v) is 11.2. The molecule has 0 aliphatic carbocycles. The summed E-state index contributed by atoms with van der Waals surface area (Å²) in [5.74, 6) is 10.5. The smallest absolute Gasteiger partial charge is 0.236 e. The zero-order valence-corrected chi connectivity index (χ0v) is 27.9. The zero-order valence-electron chi connectivity index (χ0n) is 27.2. The molecule has 0 radical (unpaired) electrons. The first-order chi connectivity index (χ1) is 22.7. The zero-order chi connectivity index (χ0) is 33.8. The Bertz CT molecular complexity index is 1950. The summed E-state index contributed by atoms with van der Waals surface area (Å²) in [6.07, 6.45) is 22.2. The third-order valence-electron chi connectivity index (χ3n) is 6.64. The van der Waals surface area contributed by atoms with Crippen molar-refractivity contribution in [2.75, 3.05) is 0 Å². The van der Waals surface area contributed by atoms with Crippen molar-refractivity contribution in [2.24, 2.45) is 0 Å². The minimum absolute atomic E-state index is 0.296. The third-order valence-corrected chi connectivity index (χ3v) is 6.93. The monoisotopic (exact) mass is 642 g/mol. The van der Waals surface area contributed by atoms with Crippen LogP contribution in [0.1, 0.15) is 78.9 Å². The number of pyridine rings is 2. The van der Waals surface area contributed by atoms with Crippen LogP contribution in [0.4, 0.5) is 0 Å². The van der Waals surface area contributed by atoms with E-state index in [-0.39, 0.29) is 0 Å². The van der Waals surface area contributed by atoms with Crippen LogP contribution in [0, 0.1) is 38.0 Å². The van der Waals surface area contributed by atoms with Gasteiger partial charge in [0.15, 0.2) is 0 Å². The van der Waals surface area contributed by atoms with Gasteiger partial charge in [-0.1, -0.05) is 51.1 Å². The molecule has 236 valence electrons. The van der Waals surface area contributed by atoms with E-state index in [0.717, 1.165) is 39.3 Å². The fourth-order valence-corrected chi connectivity index (χ4v) is 4.97. The molecule has 6 aromatic rings. The number of hydrogen-bond donors (Lipinski definition) is 0. The van der Waals surface area contributed by atoms with Gasteiger partial charge in [0.05, 0.1) is 0 Å². The minimum atomic E-state index is 0.296. The van der Waals surface area contributed by atoms with E-state index >= 15 is 0 Å². The van der Waals surface area contributed by atoms with Crippen molar-refractivity contribution in [1.29, 1.82) is 0 Å². The molecular formula is C36H35ClN10. The number of halogens is 1. The van der Waals surface area contributed by atoms with Crippen molar-refractivity contribution in [3.63, 3.8) is 0 Å². The predicted octanol–water partition coefficient (Wildman–Crippen LogP) is 6.70. The first-order valence-electron chi connectivity index (χ1n) is 14.9. The summed E-state index contributed by atoms with van der Waals surface area (Å²) >= 11 is 6.16. The number of hydrogen-bond acceptors (Lipinski definition) is 8. The fourth-order valence-electron chi connectivity index (χ4n) is 4.54. The minimum Gasteiger partial charge on any atom is -0.274 e. The van der Waals surface area contributed by atoms with Gasteiger partial charge in [0.2, 0.25) is 11.9 Å². The van der Waals surface area contributed by atoms with Gasteiger partial charge in [0.1, 0.15) is 23.5 Å². The highest BCUT2D eigenvalue weighted by molar-refractivity contribution is 6.30. The van der Waals surface area contributed by atoms with E-state index in [1.54, 1.807) is 65.2 Å². The van der Waals surface area contributed by atoms with Crippen LogP contribution in [0.15, 0.2) is 86.5 Å². The Kier molecular flexibility index (Phi) is 12.0. The van der Waals surface area contributed by atoms with E-state index in [2.05, 4.69) is 85.3 Å². The van der Waals surface area contributed by atoms with Crippen molar-refractivity contribution >= 4 is 11.6 Å². The van der Waals surface area contributed by atoms with Crippen LogP contribution in [-0.2, 0) is 0 Å². The molecule has 0 aromatic carbocycles. The molecule has 0 atom stereocenters. The molecule has 0 aliphatic heterocycles. The van der Waals surface area contributed by atoms with Crippen LogP contribution < -0.4 is 0 Å². The lowest BCUT2D eigenvalue weighted by Crippen LogP contribution is -2.08. The number of terminal acetylenes is 1. The maximum absolute atomic E-state index is 6.16. The van der Waals surface area contributed by atoms with Gasteiger partial charge in [0, 0.05) is 83.2 Å². The van der Waals surface area contributed by atoms with Crippen molar-refractivity contribution in [2.45, 2.75) is 53.4 Å². The Hall–Kier alpha value is -5.71.